The van der Waals surface area contributed by atoms with Gasteiger partial charge in [0.25, 0.3) is 0 Å². The summed E-state index contributed by atoms with van der Waals surface area (Å²) in [6.07, 6.45) is 0. The fourth-order valence-electron chi connectivity index (χ4n) is 2.54. The van der Waals surface area contributed by atoms with Crippen LogP contribution in [0.3, 0.4) is 0 Å². The second-order valence-electron chi connectivity index (χ2n) is 9.13. The highest BCUT2D eigenvalue weighted by molar-refractivity contribution is 7.88. The largest absolute Gasteiger partial charge is 0.534 e. The first-order valence-electron chi connectivity index (χ1n) is 8.50. The summed E-state index contributed by atoms with van der Waals surface area (Å²) >= 11 is 0. The summed E-state index contributed by atoms with van der Waals surface area (Å²) in [6.45, 7) is 15.7. The van der Waals surface area contributed by atoms with Gasteiger partial charge in [0.05, 0.1) is 23.3 Å². The molecule has 0 aliphatic rings. The standard InChI is InChI=1S/C17H29F3O4SSi2/c1-16(2,3)27(8,9)15-12(23-4)10-11-13(26(5,6)7)14(15)24-25(21,22)17(18,19)20/h10-11H,1-9H3. The highest BCUT2D eigenvalue weighted by atomic mass is 32.2. The maximum absolute atomic E-state index is 13.1. The van der Waals surface area contributed by atoms with Crippen molar-refractivity contribution in [2.45, 2.75) is 64.1 Å². The normalized spacial score (nSPS) is 14.2. The van der Waals surface area contributed by atoms with Crippen LogP contribution in [0.2, 0.25) is 37.8 Å². The fraction of sp³-hybridized carbons (Fsp3) is 0.647. The van der Waals surface area contributed by atoms with Crippen LogP contribution < -0.4 is 19.3 Å². The maximum Gasteiger partial charge on any atom is 0.534 e. The van der Waals surface area contributed by atoms with E-state index in [4.69, 9.17) is 8.92 Å². The topological polar surface area (TPSA) is 52.6 Å². The number of rotatable bonds is 5. The molecule has 156 valence electrons. The van der Waals surface area contributed by atoms with Crippen LogP contribution in [0.25, 0.3) is 0 Å². The molecule has 0 aromatic heterocycles. The molecule has 0 saturated carbocycles. The molecule has 1 rings (SSSR count). The number of alkyl halides is 3. The molecule has 0 unspecified atom stereocenters. The van der Waals surface area contributed by atoms with Gasteiger partial charge >= 0.3 is 15.6 Å². The van der Waals surface area contributed by atoms with Gasteiger partial charge in [-0.2, -0.15) is 21.6 Å². The van der Waals surface area contributed by atoms with E-state index in [2.05, 4.69) is 0 Å². The molecule has 0 heterocycles. The Morgan fingerprint density at radius 1 is 0.963 bits per heavy atom. The summed E-state index contributed by atoms with van der Waals surface area (Å²) < 4.78 is 73.2. The first-order valence-corrected chi connectivity index (χ1v) is 16.4. The van der Waals surface area contributed by atoms with Gasteiger partial charge in [-0.15, -0.1) is 0 Å². The Labute approximate surface area is 162 Å². The predicted molar refractivity (Wildman–Crippen MR) is 108 cm³/mol. The summed E-state index contributed by atoms with van der Waals surface area (Å²) in [5.41, 5.74) is -5.50. The summed E-state index contributed by atoms with van der Waals surface area (Å²) in [5.74, 6) is 0.161. The summed E-state index contributed by atoms with van der Waals surface area (Å²) in [5, 5.41) is 0.708. The fourth-order valence-corrected chi connectivity index (χ4v) is 7.04. The van der Waals surface area contributed by atoms with E-state index in [0.29, 0.717) is 16.1 Å². The molecule has 0 amide bonds. The highest BCUT2D eigenvalue weighted by Gasteiger charge is 2.51. The van der Waals surface area contributed by atoms with Crippen LogP contribution in [0.1, 0.15) is 20.8 Å². The van der Waals surface area contributed by atoms with E-state index in [-0.39, 0.29) is 10.8 Å². The Bertz CT molecular complexity index is 805. The van der Waals surface area contributed by atoms with E-state index >= 15 is 0 Å². The molecule has 0 aliphatic heterocycles. The number of halogens is 3. The van der Waals surface area contributed by atoms with Crippen molar-refractivity contribution in [2.75, 3.05) is 7.11 Å². The average Bonchev–Trinajstić information content (AvgIpc) is 2.42. The van der Waals surface area contributed by atoms with Crippen molar-refractivity contribution in [1.82, 2.24) is 0 Å². The van der Waals surface area contributed by atoms with Gasteiger partial charge in [-0.25, -0.2) is 0 Å². The van der Waals surface area contributed by atoms with Crippen LogP contribution in [-0.2, 0) is 10.1 Å². The van der Waals surface area contributed by atoms with Crippen molar-refractivity contribution in [3.05, 3.63) is 12.1 Å². The number of ether oxygens (including phenoxy) is 1. The van der Waals surface area contributed by atoms with Crippen molar-refractivity contribution in [2.24, 2.45) is 0 Å². The molecule has 1 aromatic rings. The van der Waals surface area contributed by atoms with Gasteiger partial charge in [0.15, 0.2) is 0 Å². The Morgan fingerprint density at radius 3 is 1.78 bits per heavy atom. The van der Waals surface area contributed by atoms with Gasteiger partial charge in [0.2, 0.25) is 0 Å². The smallest absolute Gasteiger partial charge is 0.497 e. The van der Waals surface area contributed by atoms with E-state index in [9.17, 15) is 21.6 Å². The first kappa shape index (κ1) is 24.0. The number of benzene rings is 1. The van der Waals surface area contributed by atoms with Crippen molar-refractivity contribution in [3.8, 4) is 11.5 Å². The van der Waals surface area contributed by atoms with Crippen molar-refractivity contribution < 1.29 is 30.5 Å². The van der Waals surface area contributed by atoms with Crippen LogP contribution in [-0.4, -0.2) is 37.2 Å². The number of hydrogen-bond acceptors (Lipinski definition) is 4. The minimum Gasteiger partial charge on any atom is -0.497 e. The third-order valence-corrected chi connectivity index (χ3v) is 13.6. The minimum atomic E-state index is -5.80. The van der Waals surface area contributed by atoms with E-state index < -0.39 is 31.8 Å². The molecule has 4 nitrogen and oxygen atoms in total. The van der Waals surface area contributed by atoms with Crippen molar-refractivity contribution >= 4 is 36.6 Å². The summed E-state index contributed by atoms with van der Waals surface area (Å²) in [4.78, 5) is 0. The Morgan fingerprint density at radius 2 is 1.44 bits per heavy atom. The number of hydrogen-bond donors (Lipinski definition) is 0. The van der Waals surface area contributed by atoms with Crippen molar-refractivity contribution in [3.63, 3.8) is 0 Å². The van der Waals surface area contributed by atoms with Gasteiger partial charge in [0.1, 0.15) is 11.5 Å². The Balaban J connectivity index is 4.01. The lowest BCUT2D eigenvalue weighted by molar-refractivity contribution is -0.0499. The molecule has 10 heteroatoms. The summed E-state index contributed by atoms with van der Waals surface area (Å²) in [7, 11) is -9.13. The Hall–Kier alpha value is -1.01. The molecule has 27 heavy (non-hydrogen) atoms. The average molecular weight is 443 g/mol. The van der Waals surface area contributed by atoms with Crippen LogP contribution in [0, 0.1) is 0 Å². The second-order valence-corrected chi connectivity index (χ2v) is 21.0. The zero-order valence-electron chi connectivity index (χ0n) is 17.3. The third kappa shape index (κ3) is 4.71. The molecule has 0 radical (unpaired) electrons. The highest BCUT2D eigenvalue weighted by Crippen LogP contribution is 2.40. The Kier molecular flexibility index (Phi) is 6.33. The molecule has 0 saturated heterocycles. The summed E-state index contributed by atoms with van der Waals surface area (Å²) in [6, 6.07) is 3.33. The predicted octanol–water partition coefficient (Wildman–Crippen LogP) is 4.18. The van der Waals surface area contributed by atoms with E-state index in [1.807, 2.05) is 53.5 Å². The molecule has 0 aliphatic carbocycles. The molecule has 0 atom stereocenters. The lowest BCUT2D eigenvalue weighted by Gasteiger charge is -2.40. The van der Waals surface area contributed by atoms with Crippen LogP contribution >= 0.6 is 0 Å². The SMILES string of the molecule is COc1ccc([Si](C)(C)C)c(OS(=O)(=O)C(F)(F)F)c1[Si](C)(C)C(C)(C)C. The van der Waals surface area contributed by atoms with Gasteiger partial charge in [-0.3, -0.25) is 0 Å². The molecular weight excluding hydrogens is 413 g/mol. The zero-order valence-corrected chi connectivity index (χ0v) is 20.1. The molecule has 0 spiro atoms. The van der Waals surface area contributed by atoms with E-state index in [0.717, 1.165) is 0 Å². The molecule has 1 aromatic carbocycles. The van der Waals surface area contributed by atoms with Crippen LogP contribution in [0.4, 0.5) is 13.2 Å². The van der Waals surface area contributed by atoms with Crippen LogP contribution in [0.15, 0.2) is 12.1 Å². The number of methoxy groups -OCH3 is 1. The lowest BCUT2D eigenvalue weighted by Crippen LogP contribution is -2.54. The van der Waals surface area contributed by atoms with E-state index in [1.165, 1.54) is 7.11 Å². The lowest BCUT2D eigenvalue weighted by atomic mass is 10.2. The van der Waals surface area contributed by atoms with E-state index in [1.54, 1.807) is 12.1 Å². The third-order valence-electron chi connectivity index (χ3n) is 5.12. The first-order chi connectivity index (χ1) is 11.8. The maximum atomic E-state index is 13.1. The molecule has 0 fully saturated rings. The van der Waals surface area contributed by atoms with Gasteiger partial charge in [-0.05, 0) is 16.3 Å². The van der Waals surface area contributed by atoms with Gasteiger partial charge in [-0.1, -0.05) is 59.6 Å². The van der Waals surface area contributed by atoms with Crippen LogP contribution in [0.5, 0.6) is 11.5 Å². The molecule has 0 N–H and O–H groups in total. The second kappa shape index (κ2) is 7.11. The molecule has 0 bridgehead atoms. The minimum absolute atomic E-state index is 0.197. The zero-order chi connectivity index (χ0) is 21.6. The molecular formula is C17H29F3O4SSi2. The monoisotopic (exact) mass is 442 g/mol. The van der Waals surface area contributed by atoms with Gasteiger partial charge in [0, 0.05) is 5.19 Å². The quantitative estimate of drug-likeness (QED) is 0.390. The van der Waals surface area contributed by atoms with Crippen molar-refractivity contribution in [1.29, 1.82) is 0 Å². The van der Waals surface area contributed by atoms with Gasteiger partial charge < -0.3 is 8.92 Å².